The van der Waals surface area contributed by atoms with E-state index in [4.69, 9.17) is 47.9 Å². The number of ether oxygens (including phenoxy) is 2. The van der Waals surface area contributed by atoms with Gasteiger partial charge in [0.05, 0.1) is 17.2 Å². The van der Waals surface area contributed by atoms with Crippen molar-refractivity contribution in [1.82, 2.24) is 4.98 Å². The monoisotopic (exact) mass is 486 g/mol. The maximum atomic E-state index is 11.0. The second-order valence-electron chi connectivity index (χ2n) is 7.34. The van der Waals surface area contributed by atoms with E-state index < -0.39 is 12.0 Å². The van der Waals surface area contributed by atoms with E-state index in [1.807, 2.05) is 42.5 Å². The molecule has 170 valence electrons. The molecule has 1 atom stereocenters. The Bertz CT molecular complexity index is 1300. The minimum Gasteiger partial charge on any atom is -0.497 e. The van der Waals surface area contributed by atoms with Gasteiger partial charge in [0.1, 0.15) is 23.9 Å². The summed E-state index contributed by atoms with van der Waals surface area (Å²) < 4.78 is 17.2. The zero-order chi connectivity index (χ0) is 23.5. The van der Waals surface area contributed by atoms with E-state index in [1.54, 1.807) is 19.2 Å². The van der Waals surface area contributed by atoms with E-state index in [-0.39, 0.29) is 28.8 Å². The van der Waals surface area contributed by atoms with Crippen molar-refractivity contribution < 1.29 is 23.8 Å². The molecule has 7 nitrogen and oxygen atoms in total. The zero-order valence-corrected chi connectivity index (χ0v) is 19.1. The van der Waals surface area contributed by atoms with Gasteiger partial charge in [0.25, 0.3) is 0 Å². The standard InChI is InChI=1S/C24H20Cl2N2O5/c1-31-16-6-2-4-14(11-16)23-28-20-7-3-5-15(21(20)33-23)12-32-22-17(25)8-13(9-18(22)26)10-19(27)24(29)30/h2-9,11,19H,10,12,27H2,1H3,(H,29,30). The number of nitrogens with two attached hydrogens (primary N) is 1. The van der Waals surface area contributed by atoms with Gasteiger partial charge in [0, 0.05) is 11.1 Å². The quantitative estimate of drug-likeness (QED) is 0.345. The molecule has 0 saturated heterocycles. The van der Waals surface area contributed by atoms with Gasteiger partial charge in [0.2, 0.25) is 5.89 Å². The van der Waals surface area contributed by atoms with Crippen LogP contribution in [0.15, 0.2) is 59.0 Å². The normalized spacial score (nSPS) is 12.0. The maximum absolute atomic E-state index is 11.0. The first-order valence-electron chi connectivity index (χ1n) is 9.97. The molecule has 1 heterocycles. The summed E-state index contributed by atoms with van der Waals surface area (Å²) in [7, 11) is 1.60. The first-order valence-corrected chi connectivity index (χ1v) is 10.7. The number of carboxylic acids is 1. The van der Waals surface area contributed by atoms with Crippen molar-refractivity contribution in [3.63, 3.8) is 0 Å². The van der Waals surface area contributed by atoms with Gasteiger partial charge in [-0.15, -0.1) is 0 Å². The molecule has 9 heteroatoms. The molecule has 1 aromatic heterocycles. The van der Waals surface area contributed by atoms with Crippen LogP contribution in [0.25, 0.3) is 22.6 Å². The molecular weight excluding hydrogens is 467 g/mol. The van der Waals surface area contributed by atoms with E-state index >= 15 is 0 Å². The summed E-state index contributed by atoms with van der Waals surface area (Å²) in [6, 6.07) is 15.2. The Morgan fingerprint density at radius 1 is 1.15 bits per heavy atom. The third-order valence-electron chi connectivity index (χ3n) is 5.02. The molecule has 0 spiro atoms. The molecule has 1 unspecified atom stereocenters. The van der Waals surface area contributed by atoms with Crippen molar-refractivity contribution in [3.05, 3.63) is 75.8 Å². The summed E-state index contributed by atoms with van der Waals surface area (Å²) in [5.74, 6) is 0.355. The SMILES string of the molecule is COc1cccc(-c2nc3cccc(COc4c(Cl)cc(CC(N)C(=O)O)cc4Cl)c3o2)c1. The van der Waals surface area contributed by atoms with Crippen molar-refractivity contribution >= 4 is 40.3 Å². The van der Waals surface area contributed by atoms with Crippen molar-refractivity contribution in [3.8, 4) is 23.0 Å². The van der Waals surface area contributed by atoms with E-state index in [0.717, 1.165) is 11.1 Å². The summed E-state index contributed by atoms with van der Waals surface area (Å²) in [5.41, 5.74) is 9.02. The van der Waals surface area contributed by atoms with Crippen LogP contribution in [0.2, 0.25) is 10.0 Å². The van der Waals surface area contributed by atoms with Crippen LogP contribution < -0.4 is 15.2 Å². The number of carbonyl (C=O) groups is 1. The number of hydrogen-bond donors (Lipinski definition) is 2. The van der Waals surface area contributed by atoms with Crippen molar-refractivity contribution in [2.45, 2.75) is 19.1 Å². The average Bonchev–Trinajstić information content (AvgIpc) is 3.23. The Hall–Kier alpha value is -3.26. The lowest BCUT2D eigenvalue weighted by atomic mass is 10.1. The number of benzene rings is 3. The molecule has 4 aromatic rings. The fraction of sp³-hybridized carbons (Fsp3) is 0.167. The van der Waals surface area contributed by atoms with Crippen molar-refractivity contribution in [2.75, 3.05) is 7.11 Å². The van der Waals surface area contributed by atoms with Crippen LogP contribution in [-0.2, 0) is 17.8 Å². The van der Waals surface area contributed by atoms with Crippen LogP contribution in [0.5, 0.6) is 11.5 Å². The molecule has 0 aliphatic heterocycles. The van der Waals surface area contributed by atoms with Gasteiger partial charge >= 0.3 is 5.97 Å². The Morgan fingerprint density at radius 2 is 1.88 bits per heavy atom. The molecule has 0 aliphatic rings. The van der Waals surface area contributed by atoms with E-state index in [2.05, 4.69) is 4.98 Å². The summed E-state index contributed by atoms with van der Waals surface area (Å²) in [6.07, 6.45) is 0.0967. The first-order chi connectivity index (χ1) is 15.9. The summed E-state index contributed by atoms with van der Waals surface area (Å²) >= 11 is 12.7. The third kappa shape index (κ3) is 5.06. The number of para-hydroxylation sites is 1. The fourth-order valence-corrected chi connectivity index (χ4v) is 4.00. The molecule has 4 rings (SSSR count). The molecule has 0 aliphatic carbocycles. The first kappa shape index (κ1) is 22.9. The number of aliphatic carboxylic acids is 1. The van der Waals surface area contributed by atoms with Crippen LogP contribution in [-0.4, -0.2) is 29.2 Å². The zero-order valence-electron chi connectivity index (χ0n) is 17.5. The number of rotatable bonds is 8. The highest BCUT2D eigenvalue weighted by molar-refractivity contribution is 6.37. The van der Waals surface area contributed by atoms with Crippen molar-refractivity contribution in [1.29, 1.82) is 0 Å². The Labute approximate surface area is 199 Å². The Kier molecular flexibility index (Phi) is 6.74. The molecule has 0 amide bonds. The number of oxazole rings is 1. The minimum atomic E-state index is -1.10. The summed E-state index contributed by atoms with van der Waals surface area (Å²) in [6.45, 7) is 0.136. The van der Waals surface area contributed by atoms with Gasteiger partial charge in [-0.25, -0.2) is 4.98 Å². The number of methoxy groups -OCH3 is 1. The second-order valence-corrected chi connectivity index (χ2v) is 8.16. The predicted molar refractivity (Wildman–Crippen MR) is 126 cm³/mol. The van der Waals surface area contributed by atoms with Gasteiger partial charge in [-0.05, 0) is 48.4 Å². The molecule has 3 aromatic carbocycles. The highest BCUT2D eigenvalue weighted by Crippen LogP contribution is 2.36. The second kappa shape index (κ2) is 9.70. The third-order valence-corrected chi connectivity index (χ3v) is 5.58. The van der Waals surface area contributed by atoms with Gasteiger partial charge in [-0.1, -0.05) is 41.4 Å². The highest BCUT2D eigenvalue weighted by atomic mass is 35.5. The fourth-order valence-electron chi connectivity index (χ4n) is 3.36. The van der Waals surface area contributed by atoms with Crippen LogP contribution in [0.3, 0.4) is 0 Å². The van der Waals surface area contributed by atoms with Crippen LogP contribution in [0.1, 0.15) is 11.1 Å². The van der Waals surface area contributed by atoms with E-state index in [1.165, 1.54) is 0 Å². The van der Waals surface area contributed by atoms with Crippen LogP contribution in [0, 0.1) is 0 Å². The number of nitrogens with zero attached hydrogens (tertiary/aromatic N) is 1. The van der Waals surface area contributed by atoms with Gasteiger partial charge in [-0.2, -0.15) is 0 Å². The predicted octanol–water partition coefficient (Wildman–Crippen LogP) is 5.34. The lowest BCUT2D eigenvalue weighted by Gasteiger charge is -2.13. The Morgan fingerprint density at radius 3 is 2.58 bits per heavy atom. The van der Waals surface area contributed by atoms with Gasteiger partial charge in [0.15, 0.2) is 11.3 Å². The lowest BCUT2D eigenvalue weighted by Crippen LogP contribution is -2.32. The van der Waals surface area contributed by atoms with E-state index in [0.29, 0.717) is 28.3 Å². The summed E-state index contributed by atoms with van der Waals surface area (Å²) in [5, 5.41) is 9.52. The number of hydrogen-bond acceptors (Lipinski definition) is 6. The van der Waals surface area contributed by atoms with Crippen LogP contribution >= 0.6 is 23.2 Å². The lowest BCUT2D eigenvalue weighted by molar-refractivity contribution is -0.138. The number of aromatic nitrogens is 1. The number of halogens is 2. The Balaban J connectivity index is 1.57. The minimum absolute atomic E-state index is 0.0967. The molecule has 3 N–H and O–H groups in total. The van der Waals surface area contributed by atoms with Crippen LogP contribution in [0.4, 0.5) is 0 Å². The van der Waals surface area contributed by atoms with Gasteiger partial charge in [-0.3, -0.25) is 4.79 Å². The number of carboxylic acid groups (broad SMARTS) is 1. The molecule has 0 bridgehead atoms. The topological polar surface area (TPSA) is 108 Å². The highest BCUT2D eigenvalue weighted by Gasteiger charge is 2.17. The molecular formula is C24H20Cl2N2O5. The average molecular weight is 487 g/mol. The smallest absolute Gasteiger partial charge is 0.320 e. The molecule has 33 heavy (non-hydrogen) atoms. The summed E-state index contributed by atoms with van der Waals surface area (Å²) in [4.78, 5) is 15.6. The largest absolute Gasteiger partial charge is 0.497 e. The van der Waals surface area contributed by atoms with E-state index in [9.17, 15) is 4.79 Å². The molecule has 0 radical (unpaired) electrons. The maximum Gasteiger partial charge on any atom is 0.320 e. The van der Waals surface area contributed by atoms with Crippen molar-refractivity contribution in [2.24, 2.45) is 5.73 Å². The molecule has 0 fully saturated rings. The molecule has 0 saturated carbocycles. The number of fused-ring (bicyclic) bond motifs is 1. The van der Waals surface area contributed by atoms with Gasteiger partial charge < -0.3 is 24.7 Å².